The summed E-state index contributed by atoms with van der Waals surface area (Å²) in [6.07, 6.45) is 0.217. The molecule has 7 heteroatoms. The third-order valence-electron chi connectivity index (χ3n) is 3.73. The van der Waals surface area contributed by atoms with E-state index in [1.54, 1.807) is 6.07 Å². The van der Waals surface area contributed by atoms with Gasteiger partial charge in [-0.05, 0) is 18.6 Å². The van der Waals surface area contributed by atoms with E-state index in [1.165, 1.54) is 6.07 Å². The maximum absolute atomic E-state index is 11.4. The lowest BCUT2D eigenvalue weighted by molar-refractivity contribution is -0.384. The first-order valence-corrected chi connectivity index (χ1v) is 6.64. The smallest absolute Gasteiger partial charge is 0.292 e. The Bertz CT molecular complexity index is 587. The normalized spacial score (nSPS) is 21.6. The number of nitrogens with zero attached hydrogens (tertiary/aromatic N) is 2. The Balaban J connectivity index is 2.02. The fraction of sp³-hybridized carbons (Fsp3) is 0.462. The zero-order valence-corrected chi connectivity index (χ0v) is 11.2. The predicted molar refractivity (Wildman–Crippen MR) is 75.1 cm³/mol. The van der Waals surface area contributed by atoms with Crippen LogP contribution in [0.4, 0.5) is 17.1 Å². The molecule has 106 valence electrons. The summed E-state index contributed by atoms with van der Waals surface area (Å²) in [6, 6.07) is 3.54. The second-order valence-electron chi connectivity index (χ2n) is 5.28. The first-order valence-electron chi connectivity index (χ1n) is 6.64. The largest absolute Gasteiger partial charge is 0.363 e. The van der Waals surface area contributed by atoms with Crippen LogP contribution in [-0.2, 0) is 11.2 Å². The van der Waals surface area contributed by atoms with E-state index in [0.717, 1.165) is 13.1 Å². The summed E-state index contributed by atoms with van der Waals surface area (Å²) in [5, 5.41) is 17.3. The van der Waals surface area contributed by atoms with E-state index in [-0.39, 0.29) is 29.0 Å². The van der Waals surface area contributed by atoms with Gasteiger partial charge in [0.15, 0.2) is 0 Å². The van der Waals surface area contributed by atoms with Crippen LogP contribution in [0.2, 0.25) is 0 Å². The number of carbonyl (C=O) groups is 1. The van der Waals surface area contributed by atoms with Crippen molar-refractivity contribution in [3.63, 3.8) is 0 Å². The molecule has 0 aliphatic carbocycles. The SMILES string of the molecule is C[C@@H]1CN(c2cc3c(cc2[N+](=O)[O-])CC(=O)N3)CCN1. The molecule has 1 aromatic rings. The van der Waals surface area contributed by atoms with Crippen molar-refractivity contribution < 1.29 is 9.72 Å². The van der Waals surface area contributed by atoms with Crippen molar-refractivity contribution in [2.45, 2.75) is 19.4 Å². The summed E-state index contributed by atoms with van der Waals surface area (Å²) < 4.78 is 0. The highest BCUT2D eigenvalue weighted by molar-refractivity contribution is 6.00. The van der Waals surface area contributed by atoms with E-state index in [1.807, 2.05) is 11.8 Å². The second kappa shape index (κ2) is 4.75. The predicted octanol–water partition coefficient (Wildman–Crippen LogP) is 0.887. The number of nitrogens with one attached hydrogen (secondary N) is 2. The molecule has 0 unspecified atom stereocenters. The van der Waals surface area contributed by atoms with Crippen LogP contribution in [0.5, 0.6) is 0 Å². The number of carbonyl (C=O) groups excluding carboxylic acids is 1. The molecule has 0 spiro atoms. The molecule has 2 N–H and O–H groups in total. The number of nitro benzene ring substituents is 1. The lowest BCUT2D eigenvalue weighted by Crippen LogP contribution is -2.49. The van der Waals surface area contributed by atoms with Gasteiger partial charge in [-0.15, -0.1) is 0 Å². The molecule has 2 aliphatic rings. The highest BCUT2D eigenvalue weighted by Crippen LogP contribution is 2.37. The van der Waals surface area contributed by atoms with Crippen LogP contribution < -0.4 is 15.5 Å². The van der Waals surface area contributed by atoms with Gasteiger partial charge in [0, 0.05) is 37.4 Å². The first-order chi connectivity index (χ1) is 9.54. The molecule has 20 heavy (non-hydrogen) atoms. The zero-order chi connectivity index (χ0) is 14.3. The second-order valence-corrected chi connectivity index (χ2v) is 5.28. The van der Waals surface area contributed by atoms with Gasteiger partial charge in [0.1, 0.15) is 5.69 Å². The van der Waals surface area contributed by atoms with Crippen LogP contribution in [0.3, 0.4) is 0 Å². The summed E-state index contributed by atoms with van der Waals surface area (Å²) in [6.45, 7) is 4.28. The third kappa shape index (κ3) is 2.20. The van der Waals surface area contributed by atoms with Gasteiger partial charge < -0.3 is 15.5 Å². The molecule has 1 fully saturated rings. The number of benzene rings is 1. The molecule has 0 saturated carbocycles. The van der Waals surface area contributed by atoms with Crippen molar-refractivity contribution in [3.8, 4) is 0 Å². The number of rotatable bonds is 2. The van der Waals surface area contributed by atoms with Crippen LogP contribution in [0.1, 0.15) is 12.5 Å². The van der Waals surface area contributed by atoms with Gasteiger partial charge in [-0.1, -0.05) is 0 Å². The Hall–Kier alpha value is -2.15. The number of nitro groups is 1. The Kier molecular flexibility index (Phi) is 3.06. The standard InChI is InChI=1S/C13H16N4O3/c1-8-7-16(3-2-14-8)11-6-10-9(5-13(18)15-10)4-12(11)17(19)20/h4,6,8,14H,2-3,5,7H2,1H3,(H,15,18)/t8-/m1/s1. The van der Waals surface area contributed by atoms with Gasteiger partial charge in [-0.2, -0.15) is 0 Å². The molecule has 2 aliphatic heterocycles. The topological polar surface area (TPSA) is 87.5 Å². The maximum atomic E-state index is 11.4. The Morgan fingerprint density at radius 2 is 2.25 bits per heavy atom. The average Bonchev–Trinajstić information content (AvgIpc) is 2.76. The monoisotopic (exact) mass is 276 g/mol. The minimum atomic E-state index is -0.370. The average molecular weight is 276 g/mol. The van der Waals surface area contributed by atoms with Crippen molar-refractivity contribution in [1.29, 1.82) is 0 Å². The summed E-state index contributed by atoms with van der Waals surface area (Å²) in [5.74, 6) is -0.111. The van der Waals surface area contributed by atoms with Crippen molar-refractivity contribution in [2.75, 3.05) is 29.9 Å². The Labute approximate surface area is 116 Å². The molecule has 1 atom stereocenters. The lowest BCUT2D eigenvalue weighted by Gasteiger charge is -2.33. The highest BCUT2D eigenvalue weighted by Gasteiger charge is 2.28. The van der Waals surface area contributed by atoms with Gasteiger partial charge in [0.05, 0.1) is 11.3 Å². The summed E-state index contributed by atoms with van der Waals surface area (Å²) in [5.41, 5.74) is 2.06. The van der Waals surface area contributed by atoms with E-state index < -0.39 is 0 Å². The van der Waals surface area contributed by atoms with E-state index in [2.05, 4.69) is 10.6 Å². The minimum Gasteiger partial charge on any atom is -0.363 e. The molecule has 1 amide bonds. The van der Waals surface area contributed by atoms with Crippen LogP contribution in [0, 0.1) is 10.1 Å². The summed E-state index contributed by atoms with van der Waals surface area (Å²) >= 11 is 0. The molecular formula is C13H16N4O3. The fourth-order valence-electron chi connectivity index (χ4n) is 2.80. The van der Waals surface area contributed by atoms with Crippen LogP contribution >= 0.6 is 0 Å². The molecular weight excluding hydrogens is 260 g/mol. The molecule has 0 radical (unpaired) electrons. The van der Waals surface area contributed by atoms with Gasteiger partial charge in [-0.3, -0.25) is 14.9 Å². The molecule has 0 bridgehead atoms. The van der Waals surface area contributed by atoms with E-state index >= 15 is 0 Å². The third-order valence-corrected chi connectivity index (χ3v) is 3.73. The van der Waals surface area contributed by atoms with Crippen molar-refractivity contribution in [3.05, 3.63) is 27.8 Å². The van der Waals surface area contributed by atoms with Gasteiger partial charge in [0.25, 0.3) is 5.69 Å². The van der Waals surface area contributed by atoms with E-state index in [0.29, 0.717) is 23.5 Å². The van der Waals surface area contributed by atoms with Crippen LogP contribution in [-0.4, -0.2) is 36.5 Å². The number of hydrogen-bond acceptors (Lipinski definition) is 5. The minimum absolute atomic E-state index is 0.0781. The van der Waals surface area contributed by atoms with Crippen molar-refractivity contribution in [1.82, 2.24) is 5.32 Å². The van der Waals surface area contributed by atoms with Crippen LogP contribution in [0.15, 0.2) is 12.1 Å². The maximum Gasteiger partial charge on any atom is 0.292 e. The highest BCUT2D eigenvalue weighted by atomic mass is 16.6. The number of anilines is 2. The number of hydrogen-bond donors (Lipinski definition) is 2. The van der Waals surface area contributed by atoms with E-state index in [9.17, 15) is 14.9 Å². The molecule has 1 aromatic carbocycles. The number of fused-ring (bicyclic) bond motifs is 1. The van der Waals surface area contributed by atoms with Gasteiger partial charge in [0.2, 0.25) is 5.91 Å². The molecule has 3 rings (SSSR count). The Morgan fingerprint density at radius 3 is 2.95 bits per heavy atom. The van der Waals surface area contributed by atoms with E-state index in [4.69, 9.17) is 0 Å². The summed E-state index contributed by atoms with van der Waals surface area (Å²) in [7, 11) is 0. The Morgan fingerprint density at radius 1 is 1.45 bits per heavy atom. The zero-order valence-electron chi connectivity index (χ0n) is 11.2. The fourth-order valence-corrected chi connectivity index (χ4v) is 2.80. The van der Waals surface area contributed by atoms with Gasteiger partial charge >= 0.3 is 0 Å². The number of piperazine rings is 1. The number of amides is 1. The molecule has 7 nitrogen and oxygen atoms in total. The van der Waals surface area contributed by atoms with Crippen LogP contribution in [0.25, 0.3) is 0 Å². The lowest BCUT2D eigenvalue weighted by atomic mass is 10.1. The molecule has 0 aromatic heterocycles. The summed E-state index contributed by atoms with van der Waals surface area (Å²) in [4.78, 5) is 24.3. The van der Waals surface area contributed by atoms with Crippen molar-refractivity contribution in [2.24, 2.45) is 0 Å². The molecule has 1 saturated heterocycles. The first kappa shape index (κ1) is 12.9. The quantitative estimate of drug-likeness (QED) is 0.618. The van der Waals surface area contributed by atoms with Crippen molar-refractivity contribution >= 4 is 23.0 Å². The van der Waals surface area contributed by atoms with Gasteiger partial charge in [-0.25, -0.2) is 0 Å². The molecule has 2 heterocycles.